The Bertz CT molecular complexity index is 779. The minimum Gasteiger partial charge on any atom is -0.463 e. The van der Waals surface area contributed by atoms with E-state index in [0.717, 1.165) is 35.4 Å². The SMILES string of the molecule is CCOC(=O)C1=C(CC)NC(C2CCCC2)=C(COOC)C1c1ccc(F)cc1. The van der Waals surface area contributed by atoms with Gasteiger partial charge in [0.05, 0.1) is 19.3 Å². The van der Waals surface area contributed by atoms with Crippen molar-refractivity contribution in [2.75, 3.05) is 20.3 Å². The van der Waals surface area contributed by atoms with Gasteiger partial charge in [-0.3, -0.25) is 0 Å². The molecular weight excluding hydrogens is 373 g/mol. The summed E-state index contributed by atoms with van der Waals surface area (Å²) in [5, 5.41) is 3.55. The lowest BCUT2D eigenvalue weighted by Crippen LogP contribution is -2.34. The van der Waals surface area contributed by atoms with Gasteiger partial charge in [-0.05, 0) is 55.4 Å². The van der Waals surface area contributed by atoms with Crippen molar-refractivity contribution in [1.29, 1.82) is 0 Å². The summed E-state index contributed by atoms with van der Waals surface area (Å²) in [5.74, 6) is -0.642. The Hall–Kier alpha value is -2.18. The van der Waals surface area contributed by atoms with Crippen molar-refractivity contribution in [3.05, 3.63) is 58.2 Å². The Kier molecular flexibility index (Phi) is 7.45. The summed E-state index contributed by atoms with van der Waals surface area (Å²) >= 11 is 0. The first-order chi connectivity index (χ1) is 14.1. The number of esters is 1. The molecule has 1 aromatic rings. The number of ether oxygens (including phenoxy) is 1. The third kappa shape index (κ3) is 4.70. The van der Waals surface area contributed by atoms with Gasteiger partial charge in [0.25, 0.3) is 0 Å². The second kappa shape index (κ2) is 10.0. The molecule has 1 aromatic carbocycles. The molecule has 0 aromatic heterocycles. The Morgan fingerprint density at radius 1 is 1.17 bits per heavy atom. The fraction of sp³-hybridized carbons (Fsp3) is 0.522. The van der Waals surface area contributed by atoms with Crippen molar-refractivity contribution in [2.24, 2.45) is 5.92 Å². The van der Waals surface area contributed by atoms with Gasteiger partial charge in [0.2, 0.25) is 0 Å². The maximum absolute atomic E-state index is 13.6. The van der Waals surface area contributed by atoms with E-state index in [4.69, 9.17) is 14.5 Å². The lowest BCUT2D eigenvalue weighted by molar-refractivity contribution is -0.265. The molecule has 158 valence electrons. The molecule has 0 spiro atoms. The van der Waals surface area contributed by atoms with Crippen LogP contribution in [-0.4, -0.2) is 26.3 Å². The van der Waals surface area contributed by atoms with Gasteiger partial charge in [-0.2, -0.15) is 0 Å². The molecule has 1 unspecified atom stereocenters. The highest BCUT2D eigenvalue weighted by Gasteiger charge is 2.38. The molecule has 1 aliphatic carbocycles. The maximum Gasteiger partial charge on any atom is 0.336 e. The predicted molar refractivity (Wildman–Crippen MR) is 108 cm³/mol. The molecular formula is C23H30FNO4. The van der Waals surface area contributed by atoms with E-state index in [1.54, 1.807) is 19.1 Å². The van der Waals surface area contributed by atoms with Crippen molar-refractivity contribution in [1.82, 2.24) is 5.32 Å². The van der Waals surface area contributed by atoms with Gasteiger partial charge in [-0.25, -0.2) is 19.0 Å². The summed E-state index contributed by atoms with van der Waals surface area (Å²) in [5.41, 5.74) is 4.33. The highest BCUT2D eigenvalue weighted by molar-refractivity contribution is 5.92. The zero-order valence-corrected chi connectivity index (χ0v) is 17.4. The molecule has 6 heteroatoms. The first kappa shape index (κ1) is 21.5. The van der Waals surface area contributed by atoms with Crippen LogP contribution < -0.4 is 5.32 Å². The number of hydrogen-bond acceptors (Lipinski definition) is 5. The predicted octanol–water partition coefficient (Wildman–Crippen LogP) is 4.76. The molecule has 0 saturated heterocycles. The normalized spacial score (nSPS) is 20.2. The van der Waals surface area contributed by atoms with E-state index in [9.17, 15) is 9.18 Å². The van der Waals surface area contributed by atoms with Gasteiger partial charge in [-0.15, -0.1) is 0 Å². The molecule has 29 heavy (non-hydrogen) atoms. The summed E-state index contributed by atoms with van der Waals surface area (Å²) < 4.78 is 19.0. The molecule has 1 aliphatic heterocycles. The zero-order valence-electron chi connectivity index (χ0n) is 17.4. The van der Waals surface area contributed by atoms with Crippen LogP contribution in [0, 0.1) is 11.7 Å². The maximum atomic E-state index is 13.6. The lowest BCUT2D eigenvalue weighted by Gasteiger charge is -2.35. The average molecular weight is 403 g/mol. The number of nitrogens with one attached hydrogen (secondary N) is 1. The van der Waals surface area contributed by atoms with Gasteiger partial charge in [0.15, 0.2) is 0 Å². The number of benzene rings is 1. The number of rotatable bonds is 8. The van der Waals surface area contributed by atoms with Crippen molar-refractivity contribution in [3.8, 4) is 0 Å². The lowest BCUT2D eigenvalue weighted by atomic mass is 9.77. The highest BCUT2D eigenvalue weighted by atomic mass is 19.1. The molecule has 2 aliphatic rings. The Morgan fingerprint density at radius 2 is 1.86 bits per heavy atom. The summed E-state index contributed by atoms with van der Waals surface area (Å²) in [6.07, 6.45) is 5.23. The third-order valence-corrected chi connectivity index (χ3v) is 5.74. The van der Waals surface area contributed by atoms with Gasteiger partial charge < -0.3 is 10.1 Å². The molecule has 0 bridgehead atoms. The second-order valence-corrected chi connectivity index (χ2v) is 7.42. The van der Waals surface area contributed by atoms with Crippen molar-refractivity contribution >= 4 is 5.97 Å². The number of carbonyl (C=O) groups is 1. The molecule has 3 rings (SSSR count). The number of carbonyl (C=O) groups excluding carboxylic acids is 1. The number of halogens is 1. The largest absolute Gasteiger partial charge is 0.463 e. The van der Waals surface area contributed by atoms with Gasteiger partial charge in [-0.1, -0.05) is 31.9 Å². The smallest absolute Gasteiger partial charge is 0.336 e. The standard InChI is InChI=1S/C23H30FNO4/c1-4-19-21(23(26)28-5-2)20(15-10-12-17(24)13-11-15)18(14-29-27-3)22(25-19)16-8-6-7-9-16/h10-13,16,20,25H,4-9,14H2,1-3H3. The van der Waals surface area contributed by atoms with Gasteiger partial charge in [0, 0.05) is 17.3 Å². The zero-order chi connectivity index (χ0) is 20.8. The summed E-state index contributed by atoms with van der Waals surface area (Å²) in [4.78, 5) is 23.2. The van der Waals surface area contributed by atoms with Crippen molar-refractivity contribution in [2.45, 2.75) is 51.9 Å². The molecule has 1 atom stereocenters. The molecule has 1 N–H and O–H groups in total. The molecule has 5 nitrogen and oxygen atoms in total. The van der Waals surface area contributed by atoms with Gasteiger partial charge in [0.1, 0.15) is 12.4 Å². The van der Waals surface area contributed by atoms with Crippen molar-refractivity contribution < 1.29 is 23.7 Å². The van der Waals surface area contributed by atoms with E-state index in [1.165, 1.54) is 32.1 Å². The summed E-state index contributed by atoms with van der Waals surface area (Å²) in [6.45, 7) is 4.32. The Balaban J connectivity index is 2.16. The van der Waals surface area contributed by atoms with Crippen LogP contribution in [0.3, 0.4) is 0 Å². The van der Waals surface area contributed by atoms with Crippen LogP contribution in [0.2, 0.25) is 0 Å². The number of allylic oxidation sites excluding steroid dienone is 2. The van der Waals surface area contributed by atoms with Gasteiger partial charge >= 0.3 is 5.97 Å². The number of dihydropyridines is 1. The summed E-state index contributed by atoms with van der Waals surface area (Å²) in [6, 6.07) is 6.32. The van der Waals surface area contributed by atoms with E-state index >= 15 is 0 Å². The number of hydrogen-bond donors (Lipinski definition) is 1. The van der Waals surface area contributed by atoms with Crippen LogP contribution in [0.25, 0.3) is 0 Å². The average Bonchev–Trinajstić information content (AvgIpc) is 3.26. The monoisotopic (exact) mass is 403 g/mol. The first-order valence-electron chi connectivity index (χ1n) is 10.4. The molecule has 1 heterocycles. The minimum absolute atomic E-state index is 0.220. The highest BCUT2D eigenvalue weighted by Crippen LogP contribution is 2.44. The van der Waals surface area contributed by atoms with Crippen molar-refractivity contribution in [3.63, 3.8) is 0 Å². The van der Waals surface area contributed by atoms with Crippen LogP contribution in [0.1, 0.15) is 57.4 Å². The van der Waals surface area contributed by atoms with E-state index in [-0.39, 0.29) is 24.3 Å². The Labute approximate surface area is 171 Å². The van der Waals surface area contributed by atoms with E-state index in [1.807, 2.05) is 6.92 Å². The van der Waals surface area contributed by atoms with Crippen LogP contribution >= 0.6 is 0 Å². The minimum atomic E-state index is -0.364. The van der Waals surface area contributed by atoms with E-state index < -0.39 is 0 Å². The third-order valence-electron chi connectivity index (χ3n) is 5.74. The quantitative estimate of drug-likeness (QED) is 0.385. The van der Waals surface area contributed by atoms with E-state index in [2.05, 4.69) is 5.32 Å². The topological polar surface area (TPSA) is 56.8 Å². The molecule has 1 fully saturated rings. The van der Waals surface area contributed by atoms with Crippen LogP contribution in [0.15, 0.2) is 46.8 Å². The first-order valence-corrected chi connectivity index (χ1v) is 10.4. The van der Waals surface area contributed by atoms with Crippen LogP contribution in [-0.2, 0) is 19.3 Å². The molecule has 1 saturated carbocycles. The second-order valence-electron chi connectivity index (χ2n) is 7.42. The summed E-state index contributed by atoms with van der Waals surface area (Å²) in [7, 11) is 1.47. The van der Waals surface area contributed by atoms with E-state index in [0.29, 0.717) is 24.5 Å². The molecule has 0 radical (unpaired) electrons. The van der Waals surface area contributed by atoms with Crippen LogP contribution in [0.5, 0.6) is 0 Å². The van der Waals surface area contributed by atoms with Crippen LogP contribution in [0.4, 0.5) is 4.39 Å². The Morgan fingerprint density at radius 3 is 2.45 bits per heavy atom. The molecule has 0 amide bonds. The fourth-order valence-corrected chi connectivity index (χ4v) is 4.43. The fourth-order valence-electron chi connectivity index (χ4n) is 4.43.